The van der Waals surface area contributed by atoms with Crippen molar-refractivity contribution in [1.29, 1.82) is 0 Å². The maximum absolute atomic E-state index is 12.1. The van der Waals surface area contributed by atoms with Gasteiger partial charge in [-0.15, -0.1) is 0 Å². The number of hydrogen-bond acceptors (Lipinski definition) is 5. The Balaban J connectivity index is 2.56. The van der Waals surface area contributed by atoms with Gasteiger partial charge in [0.15, 0.2) is 0 Å². The van der Waals surface area contributed by atoms with E-state index in [4.69, 9.17) is 9.47 Å². The maximum atomic E-state index is 12.1. The van der Waals surface area contributed by atoms with E-state index in [1.165, 1.54) is 0 Å². The van der Waals surface area contributed by atoms with Gasteiger partial charge in [-0.2, -0.15) is 0 Å². The first kappa shape index (κ1) is 18.0. The summed E-state index contributed by atoms with van der Waals surface area (Å²) in [6.45, 7) is 5.98. The van der Waals surface area contributed by atoms with E-state index in [-0.39, 0.29) is 13.2 Å². The largest absolute Gasteiger partial charge is 0.508 e. The molecule has 1 atom stereocenters. The lowest BCUT2D eigenvalue weighted by Crippen LogP contribution is -2.25. The van der Waals surface area contributed by atoms with Crippen LogP contribution in [0.4, 0.5) is 4.79 Å². The van der Waals surface area contributed by atoms with Gasteiger partial charge >= 0.3 is 12.1 Å². The van der Waals surface area contributed by atoms with E-state index in [1.807, 2.05) is 19.1 Å². The Morgan fingerprint density at radius 1 is 1.05 bits per heavy atom. The van der Waals surface area contributed by atoms with Crippen molar-refractivity contribution in [3.63, 3.8) is 0 Å². The summed E-state index contributed by atoms with van der Waals surface area (Å²) >= 11 is 0. The Hall–Kier alpha value is -2.04. The van der Waals surface area contributed by atoms with E-state index in [9.17, 15) is 9.59 Å². The van der Waals surface area contributed by atoms with Crippen LogP contribution < -0.4 is 0 Å². The van der Waals surface area contributed by atoms with E-state index >= 15 is 0 Å². The second-order valence-corrected chi connectivity index (χ2v) is 4.86. The zero-order valence-electron chi connectivity index (χ0n) is 13.5. The number of carbonyl (C=O) groups is 2. The van der Waals surface area contributed by atoms with E-state index in [2.05, 4.69) is 11.7 Å². The predicted octanol–water partition coefficient (Wildman–Crippen LogP) is 3.75. The molecule has 0 bridgehead atoms. The molecule has 0 fully saturated rings. The Kier molecular flexibility index (Phi) is 8.04. The molecule has 1 aromatic rings. The van der Waals surface area contributed by atoms with Crippen LogP contribution in [0.5, 0.6) is 0 Å². The number of carbonyl (C=O) groups excluding carboxylic acids is 2. The van der Waals surface area contributed by atoms with Gasteiger partial charge in [0.1, 0.15) is 12.7 Å². The molecule has 0 saturated carbocycles. The average Bonchev–Trinajstić information content (AvgIpc) is 2.53. The summed E-state index contributed by atoms with van der Waals surface area (Å²) in [5.74, 6) is -0.409. The summed E-state index contributed by atoms with van der Waals surface area (Å²) in [5.41, 5.74) is 1.65. The molecule has 22 heavy (non-hydrogen) atoms. The summed E-state index contributed by atoms with van der Waals surface area (Å²) in [7, 11) is 0. The van der Waals surface area contributed by atoms with Crippen molar-refractivity contribution < 1.29 is 23.8 Å². The van der Waals surface area contributed by atoms with E-state index < -0.39 is 18.2 Å². The fourth-order valence-corrected chi connectivity index (χ4v) is 1.91. The Labute approximate surface area is 131 Å². The van der Waals surface area contributed by atoms with Gasteiger partial charge in [-0.25, -0.2) is 9.59 Å². The predicted molar refractivity (Wildman–Crippen MR) is 82.9 cm³/mol. The monoisotopic (exact) mass is 308 g/mol. The summed E-state index contributed by atoms with van der Waals surface area (Å²) in [6.07, 6.45) is 1.15. The SMILES string of the molecule is CCCC(COC(=O)OCC)OC(=O)c1ccc(CC)cc1. The van der Waals surface area contributed by atoms with Gasteiger partial charge in [0, 0.05) is 0 Å². The van der Waals surface area contributed by atoms with Crippen LogP contribution in [0, 0.1) is 0 Å². The van der Waals surface area contributed by atoms with E-state index in [0.29, 0.717) is 12.0 Å². The molecule has 122 valence electrons. The minimum atomic E-state index is -0.744. The number of rotatable bonds is 8. The highest BCUT2D eigenvalue weighted by molar-refractivity contribution is 5.89. The maximum Gasteiger partial charge on any atom is 0.508 e. The molecule has 0 radical (unpaired) electrons. The van der Waals surface area contributed by atoms with Gasteiger partial charge in [0.05, 0.1) is 12.2 Å². The van der Waals surface area contributed by atoms with Crippen molar-refractivity contribution in [2.24, 2.45) is 0 Å². The summed E-state index contributed by atoms with van der Waals surface area (Å²) in [4.78, 5) is 23.3. The van der Waals surface area contributed by atoms with Crippen LogP contribution in [0.1, 0.15) is 49.5 Å². The number of aryl methyl sites for hydroxylation is 1. The van der Waals surface area contributed by atoms with Gasteiger partial charge in [0.25, 0.3) is 0 Å². The van der Waals surface area contributed by atoms with Crippen LogP contribution >= 0.6 is 0 Å². The molecule has 1 rings (SSSR count). The molecule has 0 heterocycles. The van der Waals surface area contributed by atoms with Crippen LogP contribution in [0.25, 0.3) is 0 Å². The van der Waals surface area contributed by atoms with Gasteiger partial charge in [-0.05, 0) is 37.5 Å². The fourth-order valence-electron chi connectivity index (χ4n) is 1.91. The van der Waals surface area contributed by atoms with Crippen molar-refractivity contribution in [3.05, 3.63) is 35.4 Å². The van der Waals surface area contributed by atoms with Crippen LogP contribution in [-0.2, 0) is 20.6 Å². The average molecular weight is 308 g/mol. The normalized spacial score (nSPS) is 11.6. The molecule has 0 aliphatic carbocycles. The third kappa shape index (κ3) is 6.16. The molecule has 0 aliphatic heterocycles. The molecule has 5 heteroatoms. The van der Waals surface area contributed by atoms with Crippen molar-refractivity contribution in [2.45, 2.75) is 46.1 Å². The lowest BCUT2D eigenvalue weighted by Gasteiger charge is -2.17. The summed E-state index contributed by atoms with van der Waals surface area (Å²) in [6, 6.07) is 7.30. The highest BCUT2D eigenvalue weighted by Gasteiger charge is 2.17. The fraction of sp³-hybridized carbons (Fsp3) is 0.529. The molecular formula is C17H24O5. The standard InChI is InChI=1S/C17H24O5/c1-4-7-15(12-21-17(19)20-6-3)22-16(18)14-10-8-13(5-2)9-11-14/h8-11,15H,4-7,12H2,1-3H3. The third-order valence-corrected chi connectivity index (χ3v) is 3.13. The number of ether oxygens (including phenoxy) is 3. The topological polar surface area (TPSA) is 61.8 Å². The summed E-state index contributed by atoms with van der Waals surface area (Å²) in [5, 5.41) is 0. The van der Waals surface area contributed by atoms with Gasteiger partial charge in [-0.1, -0.05) is 32.4 Å². The molecule has 1 aromatic carbocycles. The Bertz CT molecular complexity index is 466. The van der Waals surface area contributed by atoms with E-state index in [0.717, 1.165) is 18.4 Å². The van der Waals surface area contributed by atoms with Crippen LogP contribution in [0.15, 0.2) is 24.3 Å². The smallest absolute Gasteiger partial charge is 0.455 e. The van der Waals surface area contributed by atoms with Crippen molar-refractivity contribution >= 4 is 12.1 Å². The second-order valence-electron chi connectivity index (χ2n) is 4.86. The lowest BCUT2D eigenvalue weighted by atomic mass is 10.1. The molecule has 0 spiro atoms. The molecule has 0 N–H and O–H groups in total. The number of esters is 1. The molecule has 0 aromatic heterocycles. The van der Waals surface area contributed by atoms with Crippen LogP contribution in [-0.4, -0.2) is 31.4 Å². The summed E-state index contributed by atoms with van der Waals surface area (Å²) < 4.78 is 15.0. The Morgan fingerprint density at radius 3 is 2.27 bits per heavy atom. The second kappa shape index (κ2) is 9.82. The number of benzene rings is 1. The minimum Gasteiger partial charge on any atom is -0.455 e. The molecule has 0 amide bonds. The molecule has 5 nitrogen and oxygen atoms in total. The zero-order chi connectivity index (χ0) is 16.4. The van der Waals surface area contributed by atoms with Crippen molar-refractivity contribution in [1.82, 2.24) is 0 Å². The van der Waals surface area contributed by atoms with E-state index in [1.54, 1.807) is 19.1 Å². The van der Waals surface area contributed by atoms with Crippen molar-refractivity contribution in [2.75, 3.05) is 13.2 Å². The quantitative estimate of drug-likeness (QED) is 0.684. The zero-order valence-corrected chi connectivity index (χ0v) is 13.5. The van der Waals surface area contributed by atoms with Gasteiger partial charge in [0.2, 0.25) is 0 Å². The first-order chi connectivity index (χ1) is 10.6. The third-order valence-electron chi connectivity index (χ3n) is 3.13. The molecule has 0 aliphatic rings. The minimum absolute atomic E-state index is 0.00541. The molecule has 1 unspecified atom stereocenters. The highest BCUT2D eigenvalue weighted by Crippen LogP contribution is 2.11. The first-order valence-corrected chi connectivity index (χ1v) is 7.70. The van der Waals surface area contributed by atoms with Gasteiger partial charge in [-0.3, -0.25) is 0 Å². The van der Waals surface area contributed by atoms with Crippen LogP contribution in [0.3, 0.4) is 0 Å². The lowest BCUT2D eigenvalue weighted by molar-refractivity contribution is -0.00817. The highest BCUT2D eigenvalue weighted by atomic mass is 16.7. The van der Waals surface area contributed by atoms with Gasteiger partial charge < -0.3 is 14.2 Å². The number of hydrogen-bond donors (Lipinski definition) is 0. The first-order valence-electron chi connectivity index (χ1n) is 7.70. The Morgan fingerprint density at radius 2 is 1.73 bits per heavy atom. The molecule has 0 saturated heterocycles. The van der Waals surface area contributed by atoms with Crippen molar-refractivity contribution in [3.8, 4) is 0 Å². The molecular weight excluding hydrogens is 284 g/mol. The van der Waals surface area contributed by atoms with Crippen LogP contribution in [0.2, 0.25) is 0 Å².